The number of carbonyl (C=O) groups is 3. The minimum absolute atomic E-state index is 0.0249. The Bertz CT molecular complexity index is 1600. The highest BCUT2D eigenvalue weighted by molar-refractivity contribution is 5.70. The van der Waals surface area contributed by atoms with Gasteiger partial charge in [-0.3, -0.25) is 9.59 Å². The van der Waals surface area contributed by atoms with Crippen LogP contribution in [0, 0.1) is 47.4 Å². The number of benzene rings is 1. The number of alkyl carbamates (subject to hydrolysis) is 1. The van der Waals surface area contributed by atoms with Gasteiger partial charge in [0, 0.05) is 77.3 Å². The quantitative estimate of drug-likeness (QED) is 0.0229. The molecule has 0 aromatic heterocycles. The second-order valence-electron chi connectivity index (χ2n) is 16.8. The fourth-order valence-electron chi connectivity index (χ4n) is 6.72. The number of esters is 2. The van der Waals surface area contributed by atoms with Crippen LogP contribution >= 0.6 is 0 Å². The Balaban J connectivity index is 2.05. The van der Waals surface area contributed by atoms with Crippen molar-refractivity contribution in [2.45, 2.75) is 201 Å². The molecule has 1 N–H and O–H groups in total. The Morgan fingerprint density at radius 3 is 1.21 bits per heavy atom. The Labute approximate surface area is 410 Å². The molecule has 1 aromatic rings. The molecule has 0 atom stereocenters. The topological polar surface area (TPSA) is 131 Å². The predicted octanol–water partition coefficient (Wildman–Crippen LogP) is 10.7. The number of ether oxygens (including phenoxy) is 7. The summed E-state index contributed by atoms with van der Waals surface area (Å²) < 4.78 is 41.0. The van der Waals surface area contributed by atoms with Crippen molar-refractivity contribution in [1.29, 1.82) is 0 Å². The molecule has 1 heterocycles. The molecule has 12 nitrogen and oxygen atoms in total. The summed E-state index contributed by atoms with van der Waals surface area (Å²) in [5, 5.41) is 2.83. The maximum atomic E-state index is 13.1. The minimum atomic E-state index is -0.599. The van der Waals surface area contributed by atoms with E-state index in [4.69, 9.17) is 33.2 Å². The predicted molar refractivity (Wildman–Crippen MR) is 267 cm³/mol. The van der Waals surface area contributed by atoms with Crippen LogP contribution in [0.4, 0.5) is 4.79 Å². The van der Waals surface area contributed by atoms with Gasteiger partial charge in [0.15, 0.2) is 12.6 Å². The van der Waals surface area contributed by atoms with Gasteiger partial charge < -0.3 is 43.4 Å². The Hall–Kier alpha value is -4.53. The van der Waals surface area contributed by atoms with Crippen LogP contribution in [-0.2, 0) is 62.6 Å². The van der Waals surface area contributed by atoms with E-state index in [1.807, 2.05) is 18.2 Å². The highest BCUT2D eigenvalue weighted by Gasteiger charge is 2.17. The Morgan fingerprint density at radius 1 is 0.515 bits per heavy atom. The van der Waals surface area contributed by atoms with Crippen LogP contribution in [0.5, 0.6) is 0 Å². The van der Waals surface area contributed by atoms with Crippen LogP contribution in [0.3, 0.4) is 0 Å². The number of hydrogen-bond acceptors (Lipinski definition) is 11. The van der Waals surface area contributed by atoms with Crippen LogP contribution in [-0.4, -0.2) is 88.1 Å². The van der Waals surface area contributed by atoms with E-state index in [-0.39, 0.29) is 32.7 Å². The molecule has 12 heteroatoms. The van der Waals surface area contributed by atoms with E-state index in [9.17, 15) is 14.4 Å². The molecule has 0 saturated carbocycles. The summed E-state index contributed by atoms with van der Waals surface area (Å²) in [5.41, 5.74) is 1.98. The van der Waals surface area contributed by atoms with E-state index >= 15 is 0 Å². The lowest BCUT2D eigenvalue weighted by Crippen LogP contribution is -2.33. The van der Waals surface area contributed by atoms with Crippen molar-refractivity contribution in [1.82, 2.24) is 10.2 Å². The second-order valence-corrected chi connectivity index (χ2v) is 16.8. The summed E-state index contributed by atoms with van der Waals surface area (Å²) in [6.45, 7) is 13.4. The Morgan fingerprint density at radius 2 is 0.853 bits per heavy atom. The average Bonchev–Trinajstić information content (AvgIpc) is 3.87. The molecular formula is C56H84N2O10. The molecular weight excluding hydrogens is 861 g/mol. The zero-order chi connectivity index (χ0) is 49.0. The number of hydrogen-bond donors (Lipinski definition) is 1. The maximum absolute atomic E-state index is 13.1. The number of carbonyl (C=O) groups excluding carboxylic acids is 3. The summed E-state index contributed by atoms with van der Waals surface area (Å²) in [6.07, 6.45) is 15.9. The average molecular weight is 945 g/mol. The van der Waals surface area contributed by atoms with Gasteiger partial charge in [0.05, 0.1) is 39.3 Å². The summed E-state index contributed by atoms with van der Waals surface area (Å²) in [4.78, 5) is 41.2. The number of amides is 1. The number of unbranched alkanes of at least 4 members (excludes halogenated alkanes) is 8. The minimum Gasteiger partial charge on any atom is -0.461 e. The van der Waals surface area contributed by atoms with Gasteiger partial charge in [-0.05, 0) is 86.5 Å². The fraction of sp³-hybridized carbons (Fsp3) is 0.696. The van der Waals surface area contributed by atoms with Crippen molar-refractivity contribution in [3.8, 4) is 47.4 Å². The van der Waals surface area contributed by atoms with Crippen molar-refractivity contribution in [3.05, 3.63) is 34.9 Å². The van der Waals surface area contributed by atoms with Crippen molar-refractivity contribution in [2.75, 3.05) is 52.6 Å². The summed E-state index contributed by atoms with van der Waals surface area (Å²) >= 11 is 0. The van der Waals surface area contributed by atoms with E-state index in [1.165, 1.54) is 12.8 Å². The first kappa shape index (κ1) is 59.6. The molecule has 0 radical (unpaired) electrons. The molecule has 68 heavy (non-hydrogen) atoms. The van der Waals surface area contributed by atoms with Gasteiger partial charge in [-0.1, -0.05) is 53.4 Å². The first-order valence-electron chi connectivity index (χ1n) is 25.7. The lowest BCUT2D eigenvalue weighted by atomic mass is 10.1. The normalized spacial score (nSPS) is 12.0. The first-order chi connectivity index (χ1) is 33.4. The van der Waals surface area contributed by atoms with E-state index in [0.717, 1.165) is 96.7 Å². The molecule has 1 fully saturated rings. The van der Waals surface area contributed by atoms with Crippen molar-refractivity contribution in [3.63, 3.8) is 0 Å². The fourth-order valence-corrected chi connectivity index (χ4v) is 6.72. The number of nitrogens with zero attached hydrogens (tertiary/aromatic N) is 1. The molecule has 0 bridgehead atoms. The van der Waals surface area contributed by atoms with Gasteiger partial charge in [0.1, 0.15) is 19.8 Å². The zero-order valence-corrected chi connectivity index (χ0v) is 42.3. The highest BCUT2D eigenvalue weighted by atomic mass is 16.7. The third-order valence-electron chi connectivity index (χ3n) is 10.6. The van der Waals surface area contributed by atoms with E-state index in [1.54, 1.807) is 0 Å². The maximum Gasteiger partial charge on any atom is 0.407 e. The number of nitrogens with one attached hydrogen (secondary N) is 1. The molecule has 0 unspecified atom stereocenters. The van der Waals surface area contributed by atoms with Gasteiger partial charge in [0.2, 0.25) is 0 Å². The summed E-state index contributed by atoms with van der Waals surface area (Å²) in [6, 6.07) is 5.45. The molecule has 378 valence electrons. The molecule has 1 aromatic carbocycles. The van der Waals surface area contributed by atoms with Gasteiger partial charge >= 0.3 is 18.0 Å². The van der Waals surface area contributed by atoms with Crippen LogP contribution in [0.2, 0.25) is 0 Å². The molecule has 0 aliphatic carbocycles. The molecule has 1 amide bonds. The SMILES string of the molecule is CCCCC#CCCOC(CCC(=O)OCc1cc(COC(=O)CCC(OCCC#CCCCC)OCCC#CCCCC)cc(COC(=O)NCCN2CCCC2)c1)OCCC#CCCCC. The third-order valence-corrected chi connectivity index (χ3v) is 10.6. The lowest BCUT2D eigenvalue weighted by molar-refractivity contribution is -0.158. The van der Waals surface area contributed by atoms with Crippen LogP contribution < -0.4 is 5.32 Å². The zero-order valence-electron chi connectivity index (χ0n) is 42.3. The molecule has 1 aliphatic heterocycles. The summed E-state index contributed by atoms with van der Waals surface area (Å²) in [5.74, 6) is 24.5. The molecule has 1 aliphatic rings. The monoisotopic (exact) mass is 945 g/mol. The van der Waals surface area contributed by atoms with Gasteiger partial charge in [-0.15, -0.1) is 47.4 Å². The van der Waals surface area contributed by atoms with Gasteiger partial charge in [-0.2, -0.15) is 0 Å². The van der Waals surface area contributed by atoms with Crippen LogP contribution in [0.25, 0.3) is 0 Å². The van der Waals surface area contributed by atoms with Crippen molar-refractivity contribution in [2.24, 2.45) is 0 Å². The smallest absolute Gasteiger partial charge is 0.407 e. The van der Waals surface area contributed by atoms with Crippen LogP contribution in [0.15, 0.2) is 18.2 Å². The largest absolute Gasteiger partial charge is 0.461 e. The van der Waals surface area contributed by atoms with Gasteiger partial charge in [0.25, 0.3) is 0 Å². The number of likely N-dealkylation sites (tertiary alicyclic amines) is 1. The number of rotatable bonds is 35. The second kappa shape index (κ2) is 42.6. The van der Waals surface area contributed by atoms with E-state index in [0.29, 0.717) is 88.2 Å². The molecule has 0 spiro atoms. The van der Waals surface area contributed by atoms with Gasteiger partial charge in [-0.25, -0.2) is 4.79 Å². The standard InChI is InChI=1S/C56H84N2O10/c1-5-9-13-17-21-27-39-62-54(63-40-28-22-18-14-10-6-2)33-31-52(59)66-46-49-43-50(45-51(44-49)48-68-56(61)57-35-38-58-36-25-26-37-58)47-67-53(60)32-34-55(64-41-29-23-19-15-11-7-3)65-42-30-24-20-16-12-8-4/h43-45,54-55H,5-16,25-42,46-48H2,1-4H3,(H,57,61). The Kier molecular flexibility index (Phi) is 37.3. The van der Waals surface area contributed by atoms with E-state index < -0.39 is 30.6 Å². The van der Waals surface area contributed by atoms with E-state index in [2.05, 4.69) is 85.3 Å². The van der Waals surface area contributed by atoms with Crippen molar-refractivity contribution >= 4 is 18.0 Å². The molecule has 2 rings (SSSR count). The lowest BCUT2D eigenvalue weighted by Gasteiger charge is -2.18. The molecule has 1 saturated heterocycles. The highest BCUT2D eigenvalue weighted by Crippen LogP contribution is 2.17. The first-order valence-corrected chi connectivity index (χ1v) is 25.7. The summed E-state index contributed by atoms with van der Waals surface area (Å²) in [7, 11) is 0. The van der Waals surface area contributed by atoms with Crippen LogP contribution in [0.1, 0.15) is 186 Å². The third kappa shape index (κ3) is 33.9. The van der Waals surface area contributed by atoms with Crippen molar-refractivity contribution < 1.29 is 47.5 Å².